The second kappa shape index (κ2) is 29.4. The molecule has 0 amide bonds. The topological polar surface area (TPSA) is 0 Å². The van der Waals surface area contributed by atoms with Crippen molar-refractivity contribution in [2.24, 2.45) is 0 Å². The van der Waals surface area contributed by atoms with Crippen molar-refractivity contribution in [3.05, 3.63) is 0 Å². The van der Waals surface area contributed by atoms with Gasteiger partial charge in [0.25, 0.3) is 0 Å². The van der Waals surface area contributed by atoms with Gasteiger partial charge in [-0.3, -0.25) is 0 Å². The number of halogens is 3. The Morgan fingerprint density at radius 3 is 0.333 bits per heavy atom. The van der Waals surface area contributed by atoms with E-state index in [1.807, 2.05) is 0 Å². The third kappa shape index (κ3) is 22.6. The monoisotopic (exact) mass is 635 g/mol. The molecule has 0 rings (SSSR count). The Morgan fingerprint density at radius 1 is 0.333 bits per heavy atom. The van der Waals surface area contributed by atoms with Gasteiger partial charge in [-0.2, -0.15) is 0 Å². The molecule has 0 aromatic rings. The van der Waals surface area contributed by atoms with Gasteiger partial charge in [-0.05, 0) is 0 Å². The molecule has 6 heteroatoms. The van der Waals surface area contributed by atoms with Crippen LogP contribution in [0.1, 0.15) is 0 Å². The summed E-state index contributed by atoms with van der Waals surface area (Å²) in [6, 6.07) is 0. The molecular formula is I3Rb3. The molecule has 0 saturated carbocycles. The van der Waals surface area contributed by atoms with E-state index in [9.17, 15) is 0 Å². The summed E-state index contributed by atoms with van der Waals surface area (Å²) in [6.45, 7) is 0. The molecule has 0 aliphatic rings. The van der Waals surface area contributed by atoms with Gasteiger partial charge >= 0.3 is 175 Å². The molecule has 0 heterocycles. The fourth-order valence-corrected chi connectivity index (χ4v) is 0. The zero-order chi connectivity index (χ0) is 0. The van der Waals surface area contributed by atoms with Crippen LogP contribution in [-0.4, -0.2) is 0 Å². The second-order valence-electron chi connectivity index (χ2n) is 0. The largest absolute Gasteiger partial charge is 1.00 e. The van der Waals surface area contributed by atoms with Gasteiger partial charge in [0, 0.05) is 0 Å². The smallest absolute Gasteiger partial charge is 1.00 e. The van der Waals surface area contributed by atoms with Crippen LogP contribution in [0.4, 0.5) is 0 Å². The maximum atomic E-state index is 0. The number of rotatable bonds is 0. The average molecular weight is 637 g/mol. The SMILES string of the molecule is [I-].[I-].[I-].[Rb+].[Rb+].[Rb+]. The predicted octanol–water partition coefficient (Wildman–Crippen LogP) is -18.0. The van der Waals surface area contributed by atoms with Crippen molar-refractivity contribution in [2.75, 3.05) is 0 Å². The molecule has 0 aliphatic carbocycles. The number of hydrogen-bond donors (Lipinski definition) is 0. The molecule has 0 nitrogen and oxygen atoms in total. The van der Waals surface area contributed by atoms with Crippen molar-refractivity contribution in [1.29, 1.82) is 0 Å². The van der Waals surface area contributed by atoms with Crippen molar-refractivity contribution in [3.8, 4) is 0 Å². The summed E-state index contributed by atoms with van der Waals surface area (Å²) in [5.41, 5.74) is 0. The summed E-state index contributed by atoms with van der Waals surface area (Å²) < 4.78 is 0. The first-order valence-corrected chi connectivity index (χ1v) is 0. The Hall–Kier alpha value is 7.61. The van der Waals surface area contributed by atoms with Crippen LogP contribution < -0.4 is 246 Å². The van der Waals surface area contributed by atoms with E-state index in [1.165, 1.54) is 0 Å². The first-order valence-electron chi connectivity index (χ1n) is 0. The summed E-state index contributed by atoms with van der Waals surface area (Å²) in [5.74, 6) is 0. The van der Waals surface area contributed by atoms with E-state index >= 15 is 0 Å². The van der Waals surface area contributed by atoms with Crippen LogP contribution in [0.15, 0.2) is 0 Å². The van der Waals surface area contributed by atoms with E-state index in [0.717, 1.165) is 0 Å². The molecule has 0 aliphatic heterocycles. The van der Waals surface area contributed by atoms with Gasteiger partial charge in [-0.15, -0.1) is 0 Å². The van der Waals surface area contributed by atoms with Gasteiger partial charge in [0.05, 0.1) is 0 Å². The minimum atomic E-state index is 0. The molecule has 0 spiro atoms. The molecule has 0 atom stereocenters. The van der Waals surface area contributed by atoms with Gasteiger partial charge in [0.1, 0.15) is 0 Å². The van der Waals surface area contributed by atoms with Gasteiger partial charge in [0.2, 0.25) is 0 Å². The maximum Gasteiger partial charge on any atom is 1.00 e. The van der Waals surface area contributed by atoms with Crippen LogP contribution in [0.5, 0.6) is 0 Å². The van der Waals surface area contributed by atoms with Crippen LogP contribution in [0.25, 0.3) is 0 Å². The Labute approximate surface area is 237 Å². The minimum absolute atomic E-state index is 0. The Bertz CT molecular complexity index is 6.00. The van der Waals surface area contributed by atoms with Gasteiger partial charge < -0.3 is 71.9 Å². The zero-order valence-electron chi connectivity index (χ0n) is 4.13. The van der Waals surface area contributed by atoms with Gasteiger partial charge in [0.15, 0.2) is 0 Å². The average Bonchev–Trinajstić information content (AvgIpc) is 0. The maximum absolute atomic E-state index is 0. The fraction of sp³-hybridized carbons (Fsp3) is 0. The third-order valence-corrected chi connectivity index (χ3v) is 0. The first-order chi connectivity index (χ1) is 0. The summed E-state index contributed by atoms with van der Waals surface area (Å²) in [5, 5.41) is 0. The van der Waals surface area contributed by atoms with Crippen LogP contribution in [0.3, 0.4) is 0 Å². The summed E-state index contributed by atoms with van der Waals surface area (Å²) in [6.07, 6.45) is 0. The molecule has 0 fully saturated rings. The van der Waals surface area contributed by atoms with E-state index in [2.05, 4.69) is 0 Å². The minimum Gasteiger partial charge on any atom is -1.00 e. The van der Waals surface area contributed by atoms with Crippen molar-refractivity contribution in [2.45, 2.75) is 0 Å². The Kier molecular flexibility index (Phi) is 183. The van der Waals surface area contributed by atoms with Crippen molar-refractivity contribution in [1.82, 2.24) is 0 Å². The normalized spacial score (nSPS) is 0. The van der Waals surface area contributed by atoms with E-state index in [4.69, 9.17) is 0 Å². The van der Waals surface area contributed by atoms with Crippen molar-refractivity contribution >= 4 is 0 Å². The summed E-state index contributed by atoms with van der Waals surface area (Å²) in [4.78, 5) is 0. The van der Waals surface area contributed by atoms with Crippen LogP contribution in [-0.2, 0) is 0 Å². The van der Waals surface area contributed by atoms with Gasteiger partial charge in [-0.25, -0.2) is 0 Å². The van der Waals surface area contributed by atoms with Gasteiger partial charge in [-0.1, -0.05) is 0 Å². The van der Waals surface area contributed by atoms with Crippen LogP contribution in [0.2, 0.25) is 0 Å². The molecule has 0 bridgehead atoms. The molecule has 0 saturated heterocycles. The van der Waals surface area contributed by atoms with E-state index in [1.54, 1.807) is 0 Å². The van der Waals surface area contributed by atoms with Crippen LogP contribution >= 0.6 is 0 Å². The third-order valence-electron chi connectivity index (χ3n) is 0. The second-order valence-corrected chi connectivity index (χ2v) is 0. The quantitative estimate of drug-likeness (QED) is 0.232. The molecule has 0 radical (unpaired) electrons. The van der Waals surface area contributed by atoms with E-state index < -0.39 is 0 Å². The molecule has 0 unspecified atom stereocenters. The van der Waals surface area contributed by atoms with E-state index in [-0.39, 0.29) is 246 Å². The molecule has 24 valence electrons. The molecule has 0 aromatic heterocycles. The van der Waals surface area contributed by atoms with E-state index in [0.29, 0.717) is 0 Å². The predicted molar refractivity (Wildman–Crippen MR) is 0 cm³/mol. The van der Waals surface area contributed by atoms with Crippen molar-refractivity contribution in [3.63, 3.8) is 0 Å². The van der Waals surface area contributed by atoms with Crippen LogP contribution in [0, 0.1) is 0 Å². The fourth-order valence-electron chi connectivity index (χ4n) is 0. The standard InChI is InChI=1S/3HI.3Rb/h3*1H;;;/q;;;3*+1/p-3. The summed E-state index contributed by atoms with van der Waals surface area (Å²) in [7, 11) is 0. The Balaban J connectivity index is 0. The molecule has 6 heavy (non-hydrogen) atoms. The zero-order valence-corrected chi connectivity index (χ0v) is 25.4. The molecular weight excluding hydrogens is 637 g/mol. The Morgan fingerprint density at radius 2 is 0.333 bits per heavy atom. The molecule has 0 N–H and O–H groups in total. The number of hydrogen-bond acceptors (Lipinski definition) is 0. The summed E-state index contributed by atoms with van der Waals surface area (Å²) >= 11 is 0. The first kappa shape index (κ1) is 37.4. The van der Waals surface area contributed by atoms with Crippen molar-refractivity contribution < 1.29 is 246 Å². The molecule has 0 aromatic carbocycles.